The van der Waals surface area contributed by atoms with Gasteiger partial charge in [0.25, 0.3) is 0 Å². The molecule has 94 valence electrons. The zero-order valence-corrected chi connectivity index (χ0v) is 10.8. The molecule has 1 saturated carbocycles. The van der Waals surface area contributed by atoms with Crippen molar-refractivity contribution in [2.45, 2.75) is 44.9 Å². The molecule has 16 heavy (non-hydrogen) atoms. The maximum atomic E-state index is 11.3. The average molecular weight is 226 g/mol. The molecule has 1 rings (SSSR count). The Hall–Kier alpha value is -0.570. The summed E-state index contributed by atoms with van der Waals surface area (Å²) in [5, 5.41) is 3.37. The van der Waals surface area contributed by atoms with Gasteiger partial charge in [0.1, 0.15) is 0 Å². The van der Waals surface area contributed by atoms with Crippen molar-refractivity contribution in [3.63, 3.8) is 0 Å². The van der Waals surface area contributed by atoms with Crippen molar-refractivity contribution in [1.82, 2.24) is 10.2 Å². The molecule has 0 bridgehead atoms. The molecule has 1 fully saturated rings. The number of nitrogens with one attached hydrogen (secondary N) is 1. The molecule has 0 aliphatic heterocycles. The van der Waals surface area contributed by atoms with E-state index in [1.54, 1.807) is 4.90 Å². The fourth-order valence-corrected chi connectivity index (χ4v) is 2.33. The van der Waals surface area contributed by atoms with Gasteiger partial charge in [0, 0.05) is 27.1 Å². The zero-order valence-electron chi connectivity index (χ0n) is 10.8. The van der Waals surface area contributed by atoms with Gasteiger partial charge in [-0.3, -0.25) is 4.79 Å². The van der Waals surface area contributed by atoms with Crippen LogP contribution < -0.4 is 5.32 Å². The van der Waals surface area contributed by atoms with Crippen molar-refractivity contribution in [2.75, 3.05) is 27.2 Å². The topological polar surface area (TPSA) is 32.3 Å². The second-order valence-electron chi connectivity index (χ2n) is 5.08. The second-order valence-corrected chi connectivity index (χ2v) is 5.08. The lowest BCUT2D eigenvalue weighted by Gasteiger charge is -2.21. The third kappa shape index (κ3) is 5.50. The van der Waals surface area contributed by atoms with Gasteiger partial charge in [-0.1, -0.05) is 32.1 Å². The molecule has 1 aliphatic carbocycles. The summed E-state index contributed by atoms with van der Waals surface area (Å²) in [5.74, 6) is 1.15. The molecule has 0 saturated heterocycles. The van der Waals surface area contributed by atoms with Gasteiger partial charge in [0.05, 0.1) is 0 Å². The molecule has 0 heterocycles. The number of hydrogen-bond acceptors (Lipinski definition) is 2. The highest BCUT2D eigenvalue weighted by Crippen LogP contribution is 2.25. The van der Waals surface area contributed by atoms with Crippen LogP contribution in [0.5, 0.6) is 0 Å². The first-order chi connectivity index (χ1) is 7.70. The van der Waals surface area contributed by atoms with Crippen LogP contribution in [0.3, 0.4) is 0 Å². The highest BCUT2D eigenvalue weighted by molar-refractivity contribution is 5.75. The van der Waals surface area contributed by atoms with E-state index >= 15 is 0 Å². The van der Waals surface area contributed by atoms with Crippen molar-refractivity contribution in [3.05, 3.63) is 0 Å². The lowest BCUT2D eigenvalue weighted by Crippen LogP contribution is -2.27. The van der Waals surface area contributed by atoms with E-state index in [0.29, 0.717) is 6.42 Å². The van der Waals surface area contributed by atoms with Crippen molar-refractivity contribution >= 4 is 5.91 Å². The van der Waals surface area contributed by atoms with Gasteiger partial charge in [-0.05, 0) is 18.9 Å². The van der Waals surface area contributed by atoms with Crippen molar-refractivity contribution in [2.24, 2.45) is 5.92 Å². The Labute approximate surface area is 99.6 Å². The van der Waals surface area contributed by atoms with Gasteiger partial charge in [-0.15, -0.1) is 0 Å². The van der Waals surface area contributed by atoms with E-state index in [2.05, 4.69) is 5.32 Å². The van der Waals surface area contributed by atoms with Gasteiger partial charge in [-0.2, -0.15) is 0 Å². The summed E-state index contributed by atoms with van der Waals surface area (Å²) in [7, 11) is 3.62. The van der Waals surface area contributed by atoms with E-state index in [1.165, 1.54) is 38.5 Å². The fourth-order valence-electron chi connectivity index (χ4n) is 2.33. The van der Waals surface area contributed by atoms with Crippen LogP contribution in [0.4, 0.5) is 0 Å². The van der Waals surface area contributed by atoms with Gasteiger partial charge < -0.3 is 10.2 Å². The minimum absolute atomic E-state index is 0.213. The third-order valence-corrected chi connectivity index (χ3v) is 3.47. The number of rotatable bonds is 6. The molecule has 0 atom stereocenters. The number of hydrogen-bond donors (Lipinski definition) is 1. The first kappa shape index (κ1) is 13.5. The molecular weight excluding hydrogens is 200 g/mol. The molecule has 0 aromatic heterocycles. The summed E-state index contributed by atoms with van der Waals surface area (Å²) in [6.45, 7) is 1.90. The summed E-state index contributed by atoms with van der Waals surface area (Å²) in [6, 6.07) is 0. The minimum Gasteiger partial charge on any atom is -0.349 e. The lowest BCUT2D eigenvalue weighted by molar-refractivity contribution is -0.128. The number of carbonyl (C=O) groups excluding carboxylic acids is 1. The summed E-state index contributed by atoms with van der Waals surface area (Å²) in [6.07, 6.45) is 9.01. The summed E-state index contributed by atoms with van der Waals surface area (Å²) in [4.78, 5) is 12.9. The van der Waals surface area contributed by atoms with Crippen LogP contribution in [0.2, 0.25) is 0 Å². The van der Waals surface area contributed by atoms with Crippen molar-refractivity contribution in [3.8, 4) is 0 Å². The van der Waals surface area contributed by atoms with Crippen molar-refractivity contribution in [1.29, 1.82) is 0 Å². The predicted molar refractivity (Wildman–Crippen MR) is 67.4 cm³/mol. The van der Waals surface area contributed by atoms with Crippen LogP contribution in [-0.2, 0) is 4.79 Å². The van der Waals surface area contributed by atoms with Crippen LogP contribution in [0.15, 0.2) is 0 Å². The van der Waals surface area contributed by atoms with Crippen LogP contribution in [0, 0.1) is 5.92 Å². The van der Waals surface area contributed by atoms with Crippen LogP contribution in [0.1, 0.15) is 44.9 Å². The Morgan fingerprint density at radius 3 is 2.50 bits per heavy atom. The van der Waals surface area contributed by atoms with Crippen LogP contribution >= 0.6 is 0 Å². The number of nitrogens with zero attached hydrogens (tertiary/aromatic N) is 1. The largest absolute Gasteiger partial charge is 0.349 e. The van der Waals surface area contributed by atoms with Gasteiger partial charge >= 0.3 is 0 Å². The highest BCUT2D eigenvalue weighted by Gasteiger charge is 2.12. The van der Waals surface area contributed by atoms with E-state index in [4.69, 9.17) is 0 Å². The molecule has 3 nitrogen and oxygen atoms in total. The van der Waals surface area contributed by atoms with Crippen LogP contribution in [-0.4, -0.2) is 38.0 Å². The summed E-state index contributed by atoms with van der Waals surface area (Å²) < 4.78 is 0. The molecule has 0 radical (unpaired) electrons. The maximum Gasteiger partial charge on any atom is 0.223 e. The van der Waals surface area contributed by atoms with Gasteiger partial charge in [0.15, 0.2) is 0 Å². The Kier molecular flexibility index (Phi) is 6.46. The SMILES string of the molecule is CN(C)C(=O)CCNCCC1CCCCC1. The van der Waals surface area contributed by atoms with E-state index in [9.17, 15) is 4.79 Å². The Morgan fingerprint density at radius 1 is 1.19 bits per heavy atom. The Balaban J connectivity index is 1.93. The molecule has 1 aliphatic rings. The summed E-state index contributed by atoms with van der Waals surface area (Å²) in [5.41, 5.74) is 0. The Bertz CT molecular complexity index is 198. The standard InChI is InChI=1S/C13H26N2O/c1-15(2)13(16)9-11-14-10-8-12-6-4-3-5-7-12/h12,14H,3-11H2,1-2H3. The van der Waals surface area contributed by atoms with E-state index in [0.717, 1.165) is 19.0 Å². The van der Waals surface area contributed by atoms with E-state index < -0.39 is 0 Å². The number of amides is 1. The highest BCUT2D eigenvalue weighted by atomic mass is 16.2. The summed E-state index contributed by atoms with van der Waals surface area (Å²) >= 11 is 0. The molecule has 1 amide bonds. The third-order valence-electron chi connectivity index (χ3n) is 3.47. The van der Waals surface area contributed by atoms with Gasteiger partial charge in [-0.25, -0.2) is 0 Å². The minimum atomic E-state index is 0.213. The molecule has 0 aromatic rings. The molecule has 3 heteroatoms. The molecule has 0 spiro atoms. The quantitative estimate of drug-likeness (QED) is 0.703. The predicted octanol–water partition coefficient (Wildman–Crippen LogP) is 2.02. The average Bonchev–Trinajstić information content (AvgIpc) is 2.29. The van der Waals surface area contributed by atoms with Crippen molar-refractivity contribution < 1.29 is 4.79 Å². The Morgan fingerprint density at radius 2 is 1.88 bits per heavy atom. The van der Waals surface area contributed by atoms with Gasteiger partial charge in [0.2, 0.25) is 5.91 Å². The number of carbonyl (C=O) groups is 1. The van der Waals surface area contributed by atoms with Crippen LogP contribution in [0.25, 0.3) is 0 Å². The van der Waals surface area contributed by atoms with E-state index in [1.807, 2.05) is 14.1 Å². The molecular formula is C13H26N2O. The fraction of sp³-hybridized carbons (Fsp3) is 0.923. The smallest absolute Gasteiger partial charge is 0.223 e. The zero-order chi connectivity index (χ0) is 11.8. The molecule has 1 N–H and O–H groups in total. The molecule has 0 aromatic carbocycles. The monoisotopic (exact) mass is 226 g/mol. The molecule has 0 unspecified atom stereocenters. The second kappa shape index (κ2) is 7.66. The maximum absolute atomic E-state index is 11.3. The normalized spacial score (nSPS) is 17.4. The van der Waals surface area contributed by atoms with E-state index in [-0.39, 0.29) is 5.91 Å². The lowest BCUT2D eigenvalue weighted by atomic mass is 9.87. The first-order valence-corrected chi connectivity index (χ1v) is 6.61. The first-order valence-electron chi connectivity index (χ1n) is 6.61.